The Kier molecular flexibility index (Phi) is 6.28. The first-order valence-electron chi connectivity index (χ1n) is 6.41. The van der Waals surface area contributed by atoms with Gasteiger partial charge in [-0.25, -0.2) is 0 Å². The largest absolute Gasteiger partial charge is 0.364 e. The Hall–Kier alpha value is -1.28. The highest BCUT2D eigenvalue weighted by atomic mass is 28.3. The van der Waals surface area contributed by atoms with Gasteiger partial charge in [-0.1, -0.05) is 19.6 Å². The molecule has 7 heteroatoms. The summed E-state index contributed by atoms with van der Waals surface area (Å²) >= 11 is 0. The molecule has 0 heterocycles. The second-order valence-electron chi connectivity index (χ2n) is 5.70. The van der Waals surface area contributed by atoms with Crippen LogP contribution in [-0.2, 0) is 9.47 Å². The van der Waals surface area contributed by atoms with E-state index in [2.05, 4.69) is 19.6 Å². The van der Waals surface area contributed by atoms with Gasteiger partial charge in [0.1, 0.15) is 6.79 Å². The van der Waals surface area contributed by atoms with Crippen molar-refractivity contribution in [2.75, 3.05) is 13.4 Å². The SMILES string of the molecule is C[Si](C)(C)CCOCOC(O)c1ccc([N+](=O)[O-])cc1. The molecule has 0 amide bonds. The van der Waals surface area contributed by atoms with Crippen molar-refractivity contribution in [2.24, 2.45) is 0 Å². The van der Waals surface area contributed by atoms with Crippen LogP contribution in [0, 0.1) is 10.1 Å². The molecule has 112 valence electrons. The smallest absolute Gasteiger partial charge is 0.269 e. The van der Waals surface area contributed by atoms with E-state index in [9.17, 15) is 15.2 Å². The van der Waals surface area contributed by atoms with Gasteiger partial charge in [0, 0.05) is 32.4 Å². The van der Waals surface area contributed by atoms with Crippen molar-refractivity contribution >= 4 is 13.8 Å². The monoisotopic (exact) mass is 299 g/mol. The van der Waals surface area contributed by atoms with Crippen LogP contribution >= 0.6 is 0 Å². The summed E-state index contributed by atoms with van der Waals surface area (Å²) in [6, 6.07) is 6.61. The van der Waals surface area contributed by atoms with E-state index in [1.54, 1.807) is 0 Å². The molecule has 0 fully saturated rings. The lowest BCUT2D eigenvalue weighted by Gasteiger charge is -2.16. The van der Waals surface area contributed by atoms with E-state index in [0.717, 1.165) is 6.04 Å². The molecule has 0 radical (unpaired) electrons. The third kappa shape index (κ3) is 6.24. The van der Waals surface area contributed by atoms with Crippen molar-refractivity contribution < 1.29 is 19.5 Å². The van der Waals surface area contributed by atoms with Gasteiger partial charge in [0.2, 0.25) is 0 Å². The summed E-state index contributed by atoms with van der Waals surface area (Å²) in [4.78, 5) is 10.0. The van der Waals surface area contributed by atoms with Crippen LogP contribution in [0.25, 0.3) is 0 Å². The first-order valence-corrected chi connectivity index (χ1v) is 10.1. The van der Waals surface area contributed by atoms with E-state index in [-0.39, 0.29) is 12.5 Å². The van der Waals surface area contributed by atoms with Gasteiger partial charge in [-0.05, 0) is 18.2 Å². The third-order valence-corrected chi connectivity index (χ3v) is 4.40. The number of aliphatic hydroxyl groups is 1. The summed E-state index contributed by atoms with van der Waals surface area (Å²) in [7, 11) is -1.12. The normalized spacial score (nSPS) is 13.2. The summed E-state index contributed by atoms with van der Waals surface area (Å²) in [5.74, 6) is 0. The highest BCUT2D eigenvalue weighted by Gasteiger charge is 2.13. The number of benzene rings is 1. The van der Waals surface area contributed by atoms with E-state index in [1.165, 1.54) is 24.3 Å². The van der Waals surface area contributed by atoms with E-state index in [1.807, 2.05) is 0 Å². The number of nitrogens with zero attached hydrogens (tertiary/aromatic N) is 1. The van der Waals surface area contributed by atoms with Gasteiger partial charge in [-0.15, -0.1) is 0 Å². The number of nitro groups is 1. The Morgan fingerprint density at radius 1 is 1.30 bits per heavy atom. The predicted octanol–water partition coefficient (Wildman–Crippen LogP) is 2.91. The molecular formula is C13H21NO5Si. The van der Waals surface area contributed by atoms with Crippen LogP contribution in [-0.4, -0.2) is 31.5 Å². The van der Waals surface area contributed by atoms with Gasteiger partial charge in [-0.2, -0.15) is 0 Å². The number of non-ortho nitro benzene ring substituents is 1. The Morgan fingerprint density at radius 2 is 1.90 bits per heavy atom. The van der Waals surface area contributed by atoms with E-state index < -0.39 is 19.3 Å². The van der Waals surface area contributed by atoms with E-state index >= 15 is 0 Å². The molecule has 1 N–H and O–H groups in total. The summed E-state index contributed by atoms with van der Waals surface area (Å²) in [6.45, 7) is 7.38. The minimum Gasteiger partial charge on any atom is -0.364 e. The fourth-order valence-corrected chi connectivity index (χ4v) is 2.16. The molecule has 1 aromatic carbocycles. The fourth-order valence-electron chi connectivity index (χ4n) is 1.41. The van der Waals surface area contributed by atoms with Crippen LogP contribution in [0.1, 0.15) is 11.9 Å². The predicted molar refractivity (Wildman–Crippen MR) is 78.1 cm³/mol. The van der Waals surface area contributed by atoms with Gasteiger partial charge < -0.3 is 14.6 Å². The van der Waals surface area contributed by atoms with Crippen LogP contribution in [0.4, 0.5) is 5.69 Å². The number of rotatable bonds is 8. The highest BCUT2D eigenvalue weighted by Crippen LogP contribution is 2.18. The van der Waals surface area contributed by atoms with E-state index in [0.29, 0.717) is 12.2 Å². The first-order chi connectivity index (χ1) is 9.29. The van der Waals surface area contributed by atoms with Crippen molar-refractivity contribution in [1.29, 1.82) is 0 Å². The second-order valence-corrected chi connectivity index (χ2v) is 11.3. The Morgan fingerprint density at radius 3 is 2.40 bits per heavy atom. The Bertz CT molecular complexity index is 429. The molecule has 0 saturated carbocycles. The van der Waals surface area contributed by atoms with Crippen LogP contribution < -0.4 is 0 Å². The molecule has 6 nitrogen and oxygen atoms in total. The molecule has 0 aliphatic heterocycles. The summed E-state index contributed by atoms with van der Waals surface area (Å²) < 4.78 is 10.4. The molecule has 20 heavy (non-hydrogen) atoms. The van der Waals surface area contributed by atoms with E-state index in [4.69, 9.17) is 9.47 Å². The van der Waals surface area contributed by atoms with Gasteiger partial charge in [0.25, 0.3) is 5.69 Å². The van der Waals surface area contributed by atoms with Crippen LogP contribution in [0.2, 0.25) is 25.7 Å². The van der Waals surface area contributed by atoms with Crippen molar-refractivity contribution in [1.82, 2.24) is 0 Å². The minimum absolute atomic E-state index is 0.00261. The standard InChI is InChI=1S/C13H21NO5Si/c1-20(2,3)9-8-18-10-19-13(15)11-4-6-12(7-5-11)14(16)17/h4-7,13,15H,8-10H2,1-3H3. The van der Waals surface area contributed by atoms with Crippen LogP contribution in [0.15, 0.2) is 24.3 Å². The number of nitro benzene ring substituents is 1. The molecule has 0 spiro atoms. The molecule has 1 atom stereocenters. The maximum absolute atomic E-state index is 10.5. The lowest BCUT2D eigenvalue weighted by atomic mass is 10.2. The Balaban J connectivity index is 2.32. The fraction of sp³-hybridized carbons (Fsp3) is 0.538. The van der Waals surface area contributed by atoms with Gasteiger partial charge >= 0.3 is 0 Å². The number of hydrogen-bond acceptors (Lipinski definition) is 5. The third-order valence-electron chi connectivity index (χ3n) is 2.69. The topological polar surface area (TPSA) is 81.8 Å². The summed E-state index contributed by atoms with van der Waals surface area (Å²) in [5, 5.41) is 20.2. The summed E-state index contributed by atoms with van der Waals surface area (Å²) in [6.07, 6.45) is -1.14. The molecule has 1 aromatic rings. The highest BCUT2D eigenvalue weighted by molar-refractivity contribution is 6.76. The Labute approximate surface area is 119 Å². The zero-order valence-corrected chi connectivity index (χ0v) is 13.0. The van der Waals surface area contributed by atoms with Crippen molar-refractivity contribution in [2.45, 2.75) is 32.0 Å². The maximum Gasteiger partial charge on any atom is 0.269 e. The van der Waals surface area contributed by atoms with Crippen molar-refractivity contribution in [3.8, 4) is 0 Å². The molecule has 0 aliphatic rings. The van der Waals surface area contributed by atoms with Crippen molar-refractivity contribution in [3.05, 3.63) is 39.9 Å². The van der Waals surface area contributed by atoms with Gasteiger partial charge in [0.05, 0.1) is 4.92 Å². The average Bonchev–Trinajstić information content (AvgIpc) is 2.37. The molecule has 1 rings (SSSR count). The average molecular weight is 299 g/mol. The molecule has 1 unspecified atom stereocenters. The number of hydrogen-bond donors (Lipinski definition) is 1. The number of aliphatic hydroxyl groups excluding tert-OH is 1. The lowest BCUT2D eigenvalue weighted by Crippen LogP contribution is -2.22. The molecule has 0 aromatic heterocycles. The van der Waals surface area contributed by atoms with Crippen LogP contribution in [0.5, 0.6) is 0 Å². The molecule has 0 saturated heterocycles. The lowest BCUT2D eigenvalue weighted by molar-refractivity contribution is -0.384. The zero-order valence-electron chi connectivity index (χ0n) is 12.0. The molecule has 0 aliphatic carbocycles. The quantitative estimate of drug-likeness (QED) is 0.262. The van der Waals surface area contributed by atoms with Gasteiger partial charge in [0.15, 0.2) is 6.29 Å². The first kappa shape index (κ1) is 16.8. The number of ether oxygens (including phenoxy) is 2. The van der Waals surface area contributed by atoms with Crippen molar-refractivity contribution in [3.63, 3.8) is 0 Å². The molecular weight excluding hydrogens is 278 g/mol. The summed E-state index contributed by atoms with van der Waals surface area (Å²) in [5.41, 5.74) is 0.441. The maximum atomic E-state index is 10.5. The second kappa shape index (κ2) is 7.49. The zero-order chi connectivity index (χ0) is 15.2. The van der Waals surface area contributed by atoms with Crippen LogP contribution in [0.3, 0.4) is 0 Å². The van der Waals surface area contributed by atoms with Gasteiger partial charge in [-0.3, -0.25) is 10.1 Å². The molecule has 0 bridgehead atoms. The minimum atomic E-state index is -1.14.